The van der Waals surface area contributed by atoms with Crippen LogP contribution in [0.5, 0.6) is 0 Å². The Morgan fingerprint density at radius 3 is 2.56 bits per heavy atom. The number of methoxy groups -OCH3 is 1. The molecule has 1 aromatic heterocycles. The van der Waals surface area contributed by atoms with E-state index in [1.54, 1.807) is 13.4 Å². The molecule has 1 aliphatic heterocycles. The average molecular weight is 364 g/mol. The van der Waals surface area contributed by atoms with Gasteiger partial charge in [-0.15, -0.1) is 5.10 Å². The van der Waals surface area contributed by atoms with Crippen LogP contribution in [0.25, 0.3) is 0 Å². The van der Waals surface area contributed by atoms with Crippen molar-refractivity contribution >= 4 is 0 Å². The highest BCUT2D eigenvalue weighted by molar-refractivity contribution is 5.26. The number of hydrogen-bond acceptors (Lipinski definition) is 6. The number of aromatic nitrogens is 4. The molecule has 2 heterocycles. The highest BCUT2D eigenvalue weighted by Crippen LogP contribution is 2.35. The van der Waals surface area contributed by atoms with Crippen molar-refractivity contribution in [1.82, 2.24) is 30.8 Å². The summed E-state index contributed by atoms with van der Waals surface area (Å²) in [5, 5.41) is 19.0. The maximum absolute atomic E-state index is 6.10. The summed E-state index contributed by atoms with van der Waals surface area (Å²) in [7, 11) is 1.76. The third-order valence-corrected chi connectivity index (χ3v) is 5.26. The van der Waals surface area contributed by atoms with Crippen molar-refractivity contribution < 1.29 is 4.74 Å². The standard InChI is InChI=1S/C20H24N6O/c1-27-20(17-10-6-3-7-11-17)19(21-13-16-8-4-2-5-9-16)12-18(14-22-20)26-15-23-24-25-26/h2-11,15,18-19,21-22H,12-14H2,1H3/t18?,19-,20-/m1/s1. The Balaban J connectivity index is 1.62. The molecule has 1 fully saturated rings. The zero-order valence-corrected chi connectivity index (χ0v) is 15.3. The van der Waals surface area contributed by atoms with Crippen molar-refractivity contribution in [2.24, 2.45) is 0 Å². The van der Waals surface area contributed by atoms with E-state index in [0.29, 0.717) is 0 Å². The molecule has 0 radical (unpaired) electrons. The number of ether oxygens (including phenoxy) is 1. The van der Waals surface area contributed by atoms with Gasteiger partial charge in [-0.1, -0.05) is 60.7 Å². The van der Waals surface area contributed by atoms with Gasteiger partial charge >= 0.3 is 0 Å². The molecule has 2 aromatic carbocycles. The normalized spacial score (nSPS) is 25.4. The van der Waals surface area contributed by atoms with E-state index < -0.39 is 5.72 Å². The molecule has 1 aliphatic rings. The van der Waals surface area contributed by atoms with Gasteiger partial charge in [0.2, 0.25) is 0 Å². The highest BCUT2D eigenvalue weighted by atomic mass is 16.5. The topological polar surface area (TPSA) is 76.9 Å². The number of nitrogens with zero attached hydrogens (tertiary/aromatic N) is 4. The summed E-state index contributed by atoms with van der Waals surface area (Å²) in [5.41, 5.74) is 1.73. The molecule has 1 unspecified atom stereocenters. The summed E-state index contributed by atoms with van der Waals surface area (Å²) in [6, 6.07) is 20.9. The fourth-order valence-corrected chi connectivity index (χ4v) is 3.84. The van der Waals surface area contributed by atoms with Crippen LogP contribution in [0.1, 0.15) is 23.6 Å². The number of benzene rings is 2. The van der Waals surface area contributed by atoms with Crippen LogP contribution in [-0.4, -0.2) is 39.9 Å². The van der Waals surface area contributed by atoms with Crippen LogP contribution in [0.15, 0.2) is 67.0 Å². The van der Waals surface area contributed by atoms with Crippen molar-refractivity contribution in [3.8, 4) is 0 Å². The molecular formula is C20H24N6O. The molecule has 0 amide bonds. The van der Waals surface area contributed by atoms with Crippen LogP contribution in [-0.2, 0) is 17.0 Å². The molecule has 7 heteroatoms. The summed E-state index contributed by atoms with van der Waals surface area (Å²) in [5.74, 6) is 0. The molecule has 0 spiro atoms. The molecule has 1 saturated heterocycles. The minimum Gasteiger partial charge on any atom is -0.358 e. The molecular weight excluding hydrogens is 340 g/mol. The van der Waals surface area contributed by atoms with Crippen molar-refractivity contribution in [2.45, 2.75) is 30.8 Å². The van der Waals surface area contributed by atoms with E-state index in [2.05, 4.69) is 62.6 Å². The second kappa shape index (κ2) is 7.96. The molecule has 3 aromatic rings. The third kappa shape index (κ3) is 3.62. The average Bonchev–Trinajstić information content (AvgIpc) is 3.28. The van der Waals surface area contributed by atoms with Gasteiger partial charge in [0, 0.05) is 25.8 Å². The Morgan fingerprint density at radius 1 is 1.15 bits per heavy atom. The van der Waals surface area contributed by atoms with Crippen LogP contribution in [0.2, 0.25) is 0 Å². The molecule has 2 N–H and O–H groups in total. The molecule has 4 rings (SSSR count). The fourth-order valence-electron chi connectivity index (χ4n) is 3.84. The van der Waals surface area contributed by atoms with Gasteiger partial charge in [0.25, 0.3) is 0 Å². The van der Waals surface area contributed by atoms with E-state index in [4.69, 9.17) is 4.74 Å². The Bertz CT molecular complexity index is 826. The Morgan fingerprint density at radius 2 is 1.89 bits per heavy atom. The first-order valence-electron chi connectivity index (χ1n) is 9.17. The first-order chi connectivity index (χ1) is 13.3. The molecule has 0 bridgehead atoms. The lowest BCUT2D eigenvalue weighted by molar-refractivity contribution is -0.0989. The molecule has 0 aliphatic carbocycles. The maximum Gasteiger partial charge on any atom is 0.160 e. The predicted molar refractivity (Wildman–Crippen MR) is 102 cm³/mol. The molecule has 27 heavy (non-hydrogen) atoms. The second-order valence-electron chi connectivity index (χ2n) is 6.79. The van der Waals surface area contributed by atoms with Crippen LogP contribution in [0, 0.1) is 0 Å². The zero-order valence-electron chi connectivity index (χ0n) is 15.3. The maximum atomic E-state index is 6.10. The minimum atomic E-state index is -0.611. The fraction of sp³-hybridized carbons (Fsp3) is 0.350. The van der Waals surface area contributed by atoms with Gasteiger partial charge in [0.15, 0.2) is 5.72 Å². The van der Waals surface area contributed by atoms with Gasteiger partial charge in [-0.3, -0.25) is 5.32 Å². The van der Waals surface area contributed by atoms with Gasteiger partial charge in [-0.25, -0.2) is 4.68 Å². The van der Waals surface area contributed by atoms with E-state index in [0.717, 1.165) is 25.1 Å². The summed E-state index contributed by atoms with van der Waals surface area (Å²) < 4.78 is 7.91. The highest BCUT2D eigenvalue weighted by Gasteiger charge is 2.45. The zero-order chi connectivity index (χ0) is 18.5. The van der Waals surface area contributed by atoms with E-state index in [1.165, 1.54) is 5.56 Å². The Kier molecular flexibility index (Phi) is 5.24. The molecule has 7 nitrogen and oxygen atoms in total. The third-order valence-electron chi connectivity index (χ3n) is 5.26. The van der Waals surface area contributed by atoms with Crippen molar-refractivity contribution in [2.75, 3.05) is 13.7 Å². The van der Waals surface area contributed by atoms with E-state index in [1.807, 2.05) is 28.9 Å². The number of hydrogen-bond donors (Lipinski definition) is 2. The van der Waals surface area contributed by atoms with Crippen LogP contribution in [0.4, 0.5) is 0 Å². The van der Waals surface area contributed by atoms with Crippen molar-refractivity contribution in [3.63, 3.8) is 0 Å². The molecule has 140 valence electrons. The first kappa shape index (κ1) is 17.8. The predicted octanol–water partition coefficient (Wildman–Crippen LogP) is 1.87. The van der Waals surface area contributed by atoms with E-state index in [9.17, 15) is 0 Å². The lowest BCUT2D eigenvalue weighted by Crippen LogP contribution is -2.63. The van der Waals surface area contributed by atoms with Gasteiger partial charge in [-0.05, 0) is 22.4 Å². The number of piperidine rings is 1. The first-order valence-corrected chi connectivity index (χ1v) is 9.17. The van der Waals surface area contributed by atoms with Gasteiger partial charge in [0.05, 0.1) is 12.1 Å². The van der Waals surface area contributed by atoms with Crippen molar-refractivity contribution in [1.29, 1.82) is 0 Å². The van der Waals surface area contributed by atoms with Gasteiger partial charge < -0.3 is 10.1 Å². The number of rotatable bonds is 6. The summed E-state index contributed by atoms with van der Waals surface area (Å²) in [6.07, 6.45) is 2.51. The molecule has 3 atom stereocenters. The number of tetrazole rings is 1. The van der Waals surface area contributed by atoms with Crippen LogP contribution in [0.3, 0.4) is 0 Å². The van der Waals surface area contributed by atoms with Crippen molar-refractivity contribution in [3.05, 3.63) is 78.1 Å². The van der Waals surface area contributed by atoms with Gasteiger partial charge in [-0.2, -0.15) is 0 Å². The van der Waals surface area contributed by atoms with Crippen LogP contribution < -0.4 is 10.6 Å². The van der Waals surface area contributed by atoms with E-state index in [-0.39, 0.29) is 12.1 Å². The second-order valence-corrected chi connectivity index (χ2v) is 6.79. The van der Waals surface area contributed by atoms with Gasteiger partial charge in [0.1, 0.15) is 6.33 Å². The minimum absolute atomic E-state index is 0.0352. The SMILES string of the molecule is CO[C@@]1(c2ccccc2)NCC(n2cnnn2)C[C@H]1NCc1ccccc1. The molecule has 0 saturated carbocycles. The summed E-state index contributed by atoms with van der Waals surface area (Å²) in [6.45, 7) is 1.48. The Hall–Kier alpha value is -2.61. The number of nitrogens with one attached hydrogen (secondary N) is 2. The quantitative estimate of drug-likeness (QED) is 0.695. The summed E-state index contributed by atoms with van der Waals surface area (Å²) in [4.78, 5) is 0. The largest absolute Gasteiger partial charge is 0.358 e. The smallest absolute Gasteiger partial charge is 0.160 e. The summed E-state index contributed by atoms with van der Waals surface area (Å²) >= 11 is 0. The monoisotopic (exact) mass is 364 g/mol. The van der Waals surface area contributed by atoms with Crippen LogP contribution >= 0.6 is 0 Å². The Labute approximate surface area is 158 Å². The van der Waals surface area contributed by atoms with E-state index >= 15 is 0 Å². The lowest BCUT2D eigenvalue weighted by Gasteiger charge is -2.46. The lowest BCUT2D eigenvalue weighted by atomic mass is 9.85.